The molecular weight excluding hydrogens is 436 g/mol. The van der Waals surface area contributed by atoms with Gasteiger partial charge in [0.25, 0.3) is 0 Å². The molecule has 3 heterocycles. The Hall–Kier alpha value is -1.79. The molecular formula is C28H39B2NO4. The second-order valence-corrected chi connectivity index (χ2v) is 12.2. The monoisotopic (exact) mass is 475 g/mol. The molecule has 7 heteroatoms. The van der Waals surface area contributed by atoms with Gasteiger partial charge in [-0.1, -0.05) is 37.6 Å². The first-order valence-electron chi connectivity index (χ1n) is 13.0. The third-order valence-corrected chi connectivity index (χ3v) is 8.70. The molecule has 5 rings (SSSR count). The van der Waals surface area contributed by atoms with Crippen LogP contribution in [0.2, 0.25) is 0 Å². The summed E-state index contributed by atoms with van der Waals surface area (Å²) in [4.78, 5) is 0. The number of fused-ring (bicyclic) bond motifs is 3. The Balaban J connectivity index is 1.60. The molecule has 3 aromatic rings. The number of rotatable bonds is 5. The van der Waals surface area contributed by atoms with Crippen molar-refractivity contribution in [1.29, 1.82) is 0 Å². The van der Waals surface area contributed by atoms with Crippen LogP contribution in [0.15, 0.2) is 36.4 Å². The minimum Gasteiger partial charge on any atom is -0.399 e. The van der Waals surface area contributed by atoms with E-state index in [4.69, 9.17) is 18.6 Å². The van der Waals surface area contributed by atoms with E-state index < -0.39 is 0 Å². The molecule has 0 aliphatic carbocycles. The first kappa shape index (κ1) is 24.9. The predicted molar refractivity (Wildman–Crippen MR) is 146 cm³/mol. The van der Waals surface area contributed by atoms with Crippen molar-refractivity contribution in [2.24, 2.45) is 0 Å². The number of unbranched alkanes of at least 4 members (excludes halogenated alkanes) is 1. The summed E-state index contributed by atoms with van der Waals surface area (Å²) in [6.07, 6.45) is 2.25. The molecule has 0 N–H and O–H groups in total. The molecule has 0 saturated carbocycles. The van der Waals surface area contributed by atoms with Gasteiger partial charge in [-0.15, -0.1) is 0 Å². The van der Waals surface area contributed by atoms with Crippen molar-refractivity contribution in [3.05, 3.63) is 36.4 Å². The maximum atomic E-state index is 6.36. The van der Waals surface area contributed by atoms with Gasteiger partial charge in [-0.25, -0.2) is 0 Å². The molecule has 186 valence electrons. The van der Waals surface area contributed by atoms with Crippen LogP contribution in [0.25, 0.3) is 21.8 Å². The van der Waals surface area contributed by atoms with Gasteiger partial charge in [-0.3, -0.25) is 0 Å². The molecule has 1 aromatic heterocycles. The zero-order chi connectivity index (χ0) is 25.4. The fourth-order valence-electron chi connectivity index (χ4n) is 4.94. The van der Waals surface area contributed by atoms with E-state index in [2.05, 4.69) is 103 Å². The molecule has 0 amide bonds. The minimum atomic E-state index is -0.373. The highest BCUT2D eigenvalue weighted by Crippen LogP contribution is 2.38. The molecule has 0 atom stereocenters. The summed E-state index contributed by atoms with van der Waals surface area (Å²) in [7, 11) is -0.746. The van der Waals surface area contributed by atoms with Gasteiger partial charge in [0, 0.05) is 28.4 Å². The molecule has 2 aliphatic heterocycles. The van der Waals surface area contributed by atoms with Crippen LogP contribution >= 0.6 is 0 Å². The molecule has 5 nitrogen and oxygen atoms in total. The SMILES string of the molecule is CCCCn1c2cc(B3OC(C)(C)C(C)(C)O3)ccc2c2ccc(B3OC(C)(C)C(C)(C)O3)cc21. The number of aryl methyl sites for hydroxylation is 1. The molecule has 2 saturated heterocycles. The Morgan fingerprint density at radius 3 is 1.34 bits per heavy atom. The van der Waals surface area contributed by atoms with Gasteiger partial charge < -0.3 is 23.2 Å². The van der Waals surface area contributed by atoms with Gasteiger partial charge in [0.2, 0.25) is 0 Å². The summed E-state index contributed by atoms with van der Waals surface area (Å²) < 4.78 is 27.9. The summed E-state index contributed by atoms with van der Waals surface area (Å²) in [5.74, 6) is 0. The van der Waals surface area contributed by atoms with E-state index in [1.165, 1.54) is 21.8 Å². The van der Waals surface area contributed by atoms with Gasteiger partial charge in [0.1, 0.15) is 0 Å². The van der Waals surface area contributed by atoms with Gasteiger partial charge in [-0.05, 0) is 84.9 Å². The Kier molecular flexibility index (Phi) is 5.76. The normalized spacial score (nSPS) is 22.5. The van der Waals surface area contributed by atoms with Gasteiger partial charge in [0.15, 0.2) is 0 Å². The van der Waals surface area contributed by atoms with Crippen LogP contribution in [0, 0.1) is 0 Å². The number of hydrogen-bond acceptors (Lipinski definition) is 4. The summed E-state index contributed by atoms with van der Waals surface area (Å²) in [6, 6.07) is 13.2. The Bertz CT molecular complexity index is 1150. The molecule has 0 spiro atoms. The van der Waals surface area contributed by atoms with Crippen molar-refractivity contribution in [3.8, 4) is 0 Å². The topological polar surface area (TPSA) is 41.9 Å². The third-order valence-electron chi connectivity index (χ3n) is 8.70. The van der Waals surface area contributed by atoms with Crippen molar-refractivity contribution >= 4 is 47.0 Å². The van der Waals surface area contributed by atoms with E-state index in [1.54, 1.807) is 0 Å². The molecule has 2 aromatic carbocycles. The van der Waals surface area contributed by atoms with Crippen molar-refractivity contribution in [1.82, 2.24) is 4.57 Å². The largest absolute Gasteiger partial charge is 0.494 e. The van der Waals surface area contributed by atoms with Crippen LogP contribution < -0.4 is 10.9 Å². The first-order valence-corrected chi connectivity index (χ1v) is 13.0. The molecule has 2 aliphatic rings. The fraction of sp³-hybridized carbons (Fsp3) is 0.571. The highest BCUT2D eigenvalue weighted by atomic mass is 16.7. The maximum absolute atomic E-state index is 6.36. The lowest BCUT2D eigenvalue weighted by Gasteiger charge is -2.32. The summed E-state index contributed by atoms with van der Waals surface area (Å²) in [6.45, 7) is 20.0. The van der Waals surface area contributed by atoms with Gasteiger partial charge in [0.05, 0.1) is 22.4 Å². The molecule has 35 heavy (non-hydrogen) atoms. The van der Waals surface area contributed by atoms with Crippen LogP contribution in [-0.2, 0) is 25.2 Å². The molecule has 0 unspecified atom stereocenters. The number of aromatic nitrogens is 1. The minimum absolute atomic E-state index is 0.362. The third kappa shape index (κ3) is 3.96. The Morgan fingerprint density at radius 1 is 0.629 bits per heavy atom. The van der Waals surface area contributed by atoms with Crippen LogP contribution in [0.3, 0.4) is 0 Å². The predicted octanol–water partition coefficient (Wildman–Crippen LogP) is 5.19. The average molecular weight is 475 g/mol. The quantitative estimate of drug-likeness (QED) is 0.477. The van der Waals surface area contributed by atoms with Crippen molar-refractivity contribution in [2.45, 2.75) is 104 Å². The Morgan fingerprint density at radius 2 is 1.00 bits per heavy atom. The van der Waals surface area contributed by atoms with Crippen molar-refractivity contribution in [3.63, 3.8) is 0 Å². The molecule has 0 radical (unpaired) electrons. The highest BCUT2D eigenvalue weighted by molar-refractivity contribution is 6.63. The van der Waals surface area contributed by atoms with E-state index in [0.717, 1.165) is 30.3 Å². The maximum Gasteiger partial charge on any atom is 0.494 e. The lowest BCUT2D eigenvalue weighted by molar-refractivity contribution is 0.00578. The van der Waals surface area contributed by atoms with Crippen LogP contribution in [-0.4, -0.2) is 41.2 Å². The van der Waals surface area contributed by atoms with Crippen molar-refractivity contribution < 1.29 is 18.6 Å². The second kappa shape index (κ2) is 8.11. The summed E-state index contributed by atoms with van der Waals surface area (Å²) in [5.41, 5.74) is 3.10. The fourth-order valence-corrected chi connectivity index (χ4v) is 4.94. The van der Waals surface area contributed by atoms with E-state index in [0.29, 0.717) is 0 Å². The van der Waals surface area contributed by atoms with Gasteiger partial charge >= 0.3 is 14.2 Å². The van der Waals surface area contributed by atoms with E-state index >= 15 is 0 Å². The van der Waals surface area contributed by atoms with Crippen LogP contribution in [0.1, 0.15) is 75.2 Å². The lowest BCUT2D eigenvalue weighted by Crippen LogP contribution is -2.41. The lowest BCUT2D eigenvalue weighted by atomic mass is 9.78. The van der Waals surface area contributed by atoms with E-state index in [1.807, 2.05) is 0 Å². The van der Waals surface area contributed by atoms with E-state index in [-0.39, 0.29) is 36.6 Å². The van der Waals surface area contributed by atoms with Gasteiger partial charge in [-0.2, -0.15) is 0 Å². The van der Waals surface area contributed by atoms with Crippen LogP contribution in [0.5, 0.6) is 0 Å². The summed E-state index contributed by atoms with van der Waals surface area (Å²) in [5, 5.41) is 2.49. The number of nitrogens with zero attached hydrogens (tertiary/aromatic N) is 1. The van der Waals surface area contributed by atoms with Crippen LogP contribution in [0.4, 0.5) is 0 Å². The smallest absolute Gasteiger partial charge is 0.399 e. The first-order chi connectivity index (χ1) is 16.3. The summed E-state index contributed by atoms with van der Waals surface area (Å²) >= 11 is 0. The average Bonchev–Trinajstić information content (AvgIpc) is 3.28. The van der Waals surface area contributed by atoms with Crippen molar-refractivity contribution in [2.75, 3.05) is 0 Å². The Labute approximate surface area is 210 Å². The highest BCUT2D eigenvalue weighted by Gasteiger charge is 2.52. The molecule has 0 bridgehead atoms. The zero-order valence-electron chi connectivity index (χ0n) is 22.8. The number of benzene rings is 2. The molecule has 2 fully saturated rings. The number of hydrogen-bond donors (Lipinski definition) is 0. The van der Waals surface area contributed by atoms with E-state index in [9.17, 15) is 0 Å². The second-order valence-electron chi connectivity index (χ2n) is 12.2. The zero-order valence-corrected chi connectivity index (χ0v) is 22.8. The standard InChI is InChI=1S/C28H39B2NO4/c1-10-11-16-31-23-17-19(29-32-25(2,3)26(4,5)33-29)12-14-21(23)22-15-13-20(18-24(22)31)30-34-27(6,7)28(8,9)35-30/h12-15,17-18H,10-11,16H2,1-9H3.